The average Bonchev–Trinajstić information content (AvgIpc) is 2.74. The molecule has 0 saturated carbocycles. The number of hydrogen-bond donors (Lipinski definition) is 2. The van der Waals surface area contributed by atoms with E-state index in [1.165, 1.54) is 0 Å². The number of aliphatic hydroxyl groups is 1. The molecule has 0 aromatic carbocycles. The largest absolute Gasteiger partial charge is 0.392 e. The Morgan fingerprint density at radius 3 is 2.88 bits per heavy atom. The maximum atomic E-state index is 12.2. The van der Waals surface area contributed by atoms with Crippen molar-refractivity contribution in [2.45, 2.75) is 37.5 Å². The zero-order valence-electron chi connectivity index (χ0n) is 10.7. The van der Waals surface area contributed by atoms with Crippen LogP contribution in [0.25, 0.3) is 0 Å². The summed E-state index contributed by atoms with van der Waals surface area (Å²) in [5, 5.41) is 12.5. The third-order valence-corrected chi connectivity index (χ3v) is 3.90. The molecule has 1 amide bonds. The fraction of sp³-hybridized carbons (Fsp3) is 0.917. The maximum absolute atomic E-state index is 12.2. The van der Waals surface area contributed by atoms with Crippen molar-refractivity contribution in [1.82, 2.24) is 15.1 Å². The predicted octanol–water partition coefficient (Wildman–Crippen LogP) is -0.738. The Morgan fingerprint density at radius 1 is 1.53 bits per heavy atom. The van der Waals surface area contributed by atoms with Crippen molar-refractivity contribution in [2.75, 3.05) is 33.7 Å². The number of likely N-dealkylation sites (N-methyl/N-ethyl adjacent to an activating group) is 2. The molecule has 5 nitrogen and oxygen atoms in total. The van der Waals surface area contributed by atoms with Crippen molar-refractivity contribution in [3.05, 3.63) is 0 Å². The highest BCUT2D eigenvalue weighted by molar-refractivity contribution is 5.82. The molecule has 17 heavy (non-hydrogen) atoms. The second-order valence-electron chi connectivity index (χ2n) is 5.36. The lowest BCUT2D eigenvalue weighted by Gasteiger charge is -2.36. The van der Waals surface area contributed by atoms with E-state index >= 15 is 0 Å². The van der Waals surface area contributed by atoms with Crippen LogP contribution in [-0.4, -0.2) is 72.7 Å². The number of amides is 1. The van der Waals surface area contributed by atoms with Crippen molar-refractivity contribution in [2.24, 2.45) is 0 Å². The van der Waals surface area contributed by atoms with E-state index in [1.54, 1.807) is 0 Å². The van der Waals surface area contributed by atoms with Crippen LogP contribution in [-0.2, 0) is 4.79 Å². The van der Waals surface area contributed by atoms with Crippen molar-refractivity contribution in [3.63, 3.8) is 0 Å². The van der Waals surface area contributed by atoms with Gasteiger partial charge in [-0.3, -0.25) is 4.79 Å². The third kappa shape index (κ3) is 2.97. The molecule has 3 atom stereocenters. The van der Waals surface area contributed by atoms with Gasteiger partial charge in [0.05, 0.1) is 12.1 Å². The molecule has 5 heteroatoms. The first-order valence-corrected chi connectivity index (χ1v) is 6.44. The lowest BCUT2D eigenvalue weighted by molar-refractivity contribution is -0.134. The first-order chi connectivity index (χ1) is 8.08. The zero-order chi connectivity index (χ0) is 12.4. The summed E-state index contributed by atoms with van der Waals surface area (Å²) >= 11 is 0. The highest BCUT2D eigenvalue weighted by Gasteiger charge is 2.33. The van der Waals surface area contributed by atoms with Gasteiger partial charge in [-0.15, -0.1) is 0 Å². The van der Waals surface area contributed by atoms with Crippen molar-refractivity contribution in [1.29, 1.82) is 0 Å². The van der Waals surface area contributed by atoms with E-state index in [0.29, 0.717) is 19.0 Å². The van der Waals surface area contributed by atoms with Gasteiger partial charge >= 0.3 is 0 Å². The number of nitrogens with one attached hydrogen (secondary N) is 1. The van der Waals surface area contributed by atoms with Crippen LogP contribution >= 0.6 is 0 Å². The predicted molar refractivity (Wildman–Crippen MR) is 65.7 cm³/mol. The summed E-state index contributed by atoms with van der Waals surface area (Å²) in [6.45, 7) is 2.62. The van der Waals surface area contributed by atoms with E-state index in [4.69, 9.17) is 0 Å². The van der Waals surface area contributed by atoms with Crippen LogP contribution in [0.1, 0.15) is 19.3 Å². The Morgan fingerprint density at radius 2 is 2.29 bits per heavy atom. The van der Waals surface area contributed by atoms with Gasteiger partial charge in [0.15, 0.2) is 0 Å². The first-order valence-electron chi connectivity index (χ1n) is 6.44. The lowest BCUT2D eigenvalue weighted by atomic mass is 10.0. The number of piperidine rings is 1. The quantitative estimate of drug-likeness (QED) is 0.669. The van der Waals surface area contributed by atoms with Gasteiger partial charge in [-0.2, -0.15) is 0 Å². The summed E-state index contributed by atoms with van der Waals surface area (Å²) in [6.07, 6.45) is 2.42. The fourth-order valence-corrected chi connectivity index (χ4v) is 2.79. The Balaban J connectivity index is 1.90. The Bertz CT molecular complexity index is 285. The smallest absolute Gasteiger partial charge is 0.239 e. The monoisotopic (exact) mass is 241 g/mol. The fourth-order valence-electron chi connectivity index (χ4n) is 2.79. The van der Waals surface area contributed by atoms with Crippen LogP contribution in [0.3, 0.4) is 0 Å². The van der Waals surface area contributed by atoms with Gasteiger partial charge in [-0.1, -0.05) is 0 Å². The van der Waals surface area contributed by atoms with E-state index in [-0.39, 0.29) is 18.1 Å². The minimum absolute atomic E-state index is 0.127. The van der Waals surface area contributed by atoms with Gasteiger partial charge in [0.25, 0.3) is 0 Å². The van der Waals surface area contributed by atoms with E-state index in [0.717, 1.165) is 25.9 Å². The molecule has 98 valence electrons. The number of nitrogens with zero attached hydrogens (tertiary/aromatic N) is 2. The van der Waals surface area contributed by atoms with E-state index < -0.39 is 0 Å². The standard InChI is InChI=1S/C12H23N3O2/c1-14-5-3-4-9(8-14)15(2)12(17)11-6-10(16)7-13-11/h9-11,13,16H,3-8H2,1-2H3. The molecule has 2 fully saturated rings. The number of likely N-dealkylation sites (tertiary alicyclic amines) is 1. The molecule has 0 spiro atoms. The van der Waals surface area contributed by atoms with Gasteiger partial charge in [0, 0.05) is 26.2 Å². The Labute approximate surface area is 103 Å². The van der Waals surface area contributed by atoms with Crippen LogP contribution in [0, 0.1) is 0 Å². The summed E-state index contributed by atoms with van der Waals surface area (Å²) in [7, 11) is 3.99. The highest BCUT2D eigenvalue weighted by Crippen LogP contribution is 2.16. The molecule has 2 aliphatic rings. The van der Waals surface area contributed by atoms with E-state index in [2.05, 4.69) is 17.3 Å². The van der Waals surface area contributed by atoms with Crippen molar-refractivity contribution < 1.29 is 9.90 Å². The van der Waals surface area contributed by atoms with Crippen LogP contribution in [0.5, 0.6) is 0 Å². The summed E-state index contributed by atoms with van der Waals surface area (Å²) in [5.74, 6) is 0.127. The number of hydrogen-bond acceptors (Lipinski definition) is 4. The molecule has 2 N–H and O–H groups in total. The minimum atomic E-state index is -0.369. The number of aliphatic hydroxyl groups excluding tert-OH is 1. The molecule has 2 heterocycles. The molecule has 2 aliphatic heterocycles. The molecule has 0 bridgehead atoms. The van der Waals surface area contributed by atoms with Gasteiger partial charge in [-0.05, 0) is 32.9 Å². The topological polar surface area (TPSA) is 55.8 Å². The van der Waals surface area contributed by atoms with Crippen molar-refractivity contribution >= 4 is 5.91 Å². The average molecular weight is 241 g/mol. The maximum Gasteiger partial charge on any atom is 0.239 e. The number of β-amino-alcohol motifs (C(OH)–C–C–N with tert-alkyl or cyclic N) is 1. The summed E-state index contributed by atoms with van der Waals surface area (Å²) in [5.41, 5.74) is 0. The normalized spacial score (nSPS) is 34.9. The van der Waals surface area contributed by atoms with Gasteiger partial charge in [0.2, 0.25) is 5.91 Å². The second-order valence-corrected chi connectivity index (χ2v) is 5.36. The molecule has 0 aromatic heterocycles. The van der Waals surface area contributed by atoms with E-state index in [9.17, 15) is 9.90 Å². The van der Waals surface area contributed by atoms with Gasteiger partial charge in [0.1, 0.15) is 0 Å². The van der Waals surface area contributed by atoms with Gasteiger partial charge in [-0.25, -0.2) is 0 Å². The SMILES string of the molecule is CN1CCCC(N(C)C(=O)C2CC(O)CN2)C1. The third-order valence-electron chi connectivity index (χ3n) is 3.90. The van der Waals surface area contributed by atoms with E-state index in [1.807, 2.05) is 11.9 Å². The molecule has 2 saturated heterocycles. The molecule has 2 rings (SSSR count). The molecular weight excluding hydrogens is 218 g/mol. The molecular formula is C12H23N3O2. The Hall–Kier alpha value is -0.650. The molecule has 3 unspecified atom stereocenters. The molecule has 0 aromatic rings. The highest BCUT2D eigenvalue weighted by atomic mass is 16.3. The molecule has 0 aliphatic carbocycles. The van der Waals surface area contributed by atoms with Crippen LogP contribution < -0.4 is 5.32 Å². The minimum Gasteiger partial charge on any atom is -0.392 e. The second kappa shape index (κ2) is 5.33. The van der Waals surface area contributed by atoms with Crippen LogP contribution in [0.2, 0.25) is 0 Å². The van der Waals surface area contributed by atoms with Crippen LogP contribution in [0.15, 0.2) is 0 Å². The number of carbonyl (C=O) groups is 1. The summed E-state index contributed by atoms with van der Waals surface area (Å²) < 4.78 is 0. The van der Waals surface area contributed by atoms with Gasteiger partial charge < -0.3 is 20.2 Å². The van der Waals surface area contributed by atoms with Crippen molar-refractivity contribution in [3.8, 4) is 0 Å². The summed E-state index contributed by atoms with van der Waals surface area (Å²) in [6, 6.07) is 0.128. The molecule has 0 radical (unpaired) electrons. The first kappa shape index (κ1) is 12.8. The Kier molecular flexibility index (Phi) is 4.01. The zero-order valence-corrected chi connectivity index (χ0v) is 10.7. The summed E-state index contributed by atoms with van der Waals surface area (Å²) in [4.78, 5) is 16.4. The number of rotatable bonds is 2. The lowest BCUT2D eigenvalue weighted by Crippen LogP contribution is -2.51. The van der Waals surface area contributed by atoms with Crippen LogP contribution in [0.4, 0.5) is 0 Å². The number of carbonyl (C=O) groups excluding carboxylic acids is 1.